The number of fused-ring (bicyclic) bond motifs is 11. The lowest BCUT2D eigenvalue weighted by molar-refractivity contribution is 0.670. The SMILES string of the molecule is C[Si]1(C)c2ccccc2-c2ccc(N(c3cccc(-c4cccc5ccccc45)c3)c3ccc4c(c3)[Si](C)(C)c3ccc5c(oc6ccccc65)c3-4)cc21. The monoisotopic (exact) mass is 725 g/mol. The minimum absolute atomic E-state index is 0.952. The zero-order valence-electron chi connectivity index (χ0n) is 30.9. The summed E-state index contributed by atoms with van der Waals surface area (Å²) < 4.78 is 6.65. The molecule has 0 N–H and O–H groups in total. The standard InChI is InChI=1S/C50H39NOSi2/c1-53(2)45-22-10-8-19-40(45)41-25-23-35(30-47(41)53)51(34-16-11-15-33(29-34)38-20-12-14-32-13-5-6-17-37(32)38)36-24-26-43-48(31-36)54(3,4)46-28-27-42-39-18-7-9-21-44(39)52-50(42)49(43)46/h5-31H,1-4H3. The lowest BCUT2D eigenvalue weighted by Crippen LogP contribution is -2.49. The van der Waals surface area contributed by atoms with Crippen LogP contribution in [0.5, 0.6) is 0 Å². The zero-order chi connectivity index (χ0) is 36.3. The number of rotatable bonds is 4. The second-order valence-electron chi connectivity index (χ2n) is 16.1. The van der Waals surface area contributed by atoms with Crippen LogP contribution >= 0.6 is 0 Å². The number of para-hydroxylation sites is 1. The van der Waals surface area contributed by atoms with Gasteiger partial charge in [-0.2, -0.15) is 0 Å². The maximum Gasteiger partial charge on any atom is 0.143 e. The minimum atomic E-state index is -2.08. The van der Waals surface area contributed by atoms with E-state index in [-0.39, 0.29) is 0 Å². The van der Waals surface area contributed by atoms with Crippen LogP contribution in [0.3, 0.4) is 0 Å². The Bertz CT molecular complexity index is 3020. The summed E-state index contributed by atoms with van der Waals surface area (Å²) in [5, 5.41) is 10.9. The molecule has 54 heavy (non-hydrogen) atoms. The molecular weight excluding hydrogens is 687 g/mol. The molecule has 0 aliphatic carbocycles. The predicted molar refractivity (Wildman–Crippen MR) is 236 cm³/mol. The fraction of sp³-hybridized carbons (Fsp3) is 0.0800. The average molecular weight is 726 g/mol. The maximum absolute atomic E-state index is 6.65. The van der Waals surface area contributed by atoms with Crippen molar-refractivity contribution < 1.29 is 4.42 Å². The Morgan fingerprint density at radius 1 is 0.407 bits per heavy atom. The van der Waals surface area contributed by atoms with E-state index in [1.54, 1.807) is 0 Å². The summed E-state index contributed by atoms with van der Waals surface area (Å²) in [5.41, 5.74) is 13.4. The highest BCUT2D eigenvalue weighted by Crippen LogP contribution is 2.43. The molecule has 11 rings (SSSR count). The van der Waals surface area contributed by atoms with Crippen molar-refractivity contribution in [1.29, 1.82) is 0 Å². The van der Waals surface area contributed by atoms with Crippen molar-refractivity contribution in [3.05, 3.63) is 164 Å². The molecule has 0 saturated carbocycles. The van der Waals surface area contributed by atoms with Crippen LogP contribution in [0.4, 0.5) is 17.1 Å². The second kappa shape index (κ2) is 11.3. The van der Waals surface area contributed by atoms with E-state index in [9.17, 15) is 0 Å². The van der Waals surface area contributed by atoms with Gasteiger partial charge in [-0.05, 0) is 102 Å². The fourth-order valence-electron chi connectivity index (χ4n) is 9.70. The summed E-state index contributed by atoms with van der Waals surface area (Å²) in [6, 6.07) is 61.1. The number of hydrogen-bond donors (Lipinski definition) is 0. The Labute approximate surface area is 318 Å². The van der Waals surface area contributed by atoms with E-state index >= 15 is 0 Å². The minimum Gasteiger partial charge on any atom is -0.455 e. The van der Waals surface area contributed by atoms with Crippen molar-refractivity contribution in [1.82, 2.24) is 0 Å². The van der Waals surface area contributed by atoms with Gasteiger partial charge in [0, 0.05) is 33.4 Å². The number of hydrogen-bond acceptors (Lipinski definition) is 2. The number of benzene rings is 8. The summed E-state index contributed by atoms with van der Waals surface area (Å²) in [7, 11) is -3.99. The predicted octanol–water partition coefficient (Wildman–Crippen LogP) is 11.5. The second-order valence-corrected chi connectivity index (χ2v) is 24.8. The quantitative estimate of drug-likeness (QED) is 0.168. The third kappa shape index (κ3) is 4.38. The van der Waals surface area contributed by atoms with E-state index in [2.05, 4.69) is 195 Å². The van der Waals surface area contributed by atoms with Crippen molar-refractivity contribution >= 4 is 86.7 Å². The van der Waals surface area contributed by atoms with Gasteiger partial charge in [-0.3, -0.25) is 0 Å². The van der Waals surface area contributed by atoms with Gasteiger partial charge in [-0.25, -0.2) is 0 Å². The summed E-state index contributed by atoms with van der Waals surface area (Å²) in [6.07, 6.45) is 0. The first kappa shape index (κ1) is 31.6. The van der Waals surface area contributed by atoms with Crippen LogP contribution in [0.25, 0.3) is 66.1 Å². The molecule has 9 aromatic rings. The summed E-state index contributed by atoms with van der Waals surface area (Å²) in [5.74, 6) is 0. The summed E-state index contributed by atoms with van der Waals surface area (Å²) >= 11 is 0. The van der Waals surface area contributed by atoms with E-state index in [1.807, 2.05) is 0 Å². The third-order valence-electron chi connectivity index (χ3n) is 12.5. The molecule has 0 radical (unpaired) electrons. The van der Waals surface area contributed by atoms with Gasteiger partial charge < -0.3 is 9.32 Å². The molecule has 1 aromatic heterocycles. The van der Waals surface area contributed by atoms with Gasteiger partial charge in [0.25, 0.3) is 0 Å². The number of furan rings is 1. The van der Waals surface area contributed by atoms with Gasteiger partial charge in [0.15, 0.2) is 0 Å². The smallest absolute Gasteiger partial charge is 0.143 e. The maximum atomic E-state index is 6.65. The number of nitrogens with zero attached hydrogens (tertiary/aromatic N) is 1. The van der Waals surface area contributed by atoms with Crippen LogP contribution in [-0.2, 0) is 0 Å². The summed E-state index contributed by atoms with van der Waals surface area (Å²) in [4.78, 5) is 2.51. The van der Waals surface area contributed by atoms with Crippen LogP contribution in [-0.4, -0.2) is 16.1 Å². The molecule has 258 valence electrons. The Hall–Kier alpha value is -5.95. The molecule has 0 unspecified atom stereocenters. The Morgan fingerprint density at radius 2 is 1.02 bits per heavy atom. The van der Waals surface area contributed by atoms with Gasteiger partial charge in [0.1, 0.15) is 27.3 Å². The van der Waals surface area contributed by atoms with Gasteiger partial charge in [-0.1, -0.05) is 148 Å². The lowest BCUT2D eigenvalue weighted by Gasteiger charge is -2.29. The first-order valence-corrected chi connectivity index (χ1v) is 25.0. The zero-order valence-corrected chi connectivity index (χ0v) is 32.9. The highest BCUT2D eigenvalue weighted by Gasteiger charge is 2.41. The molecule has 8 aromatic carbocycles. The van der Waals surface area contributed by atoms with Crippen LogP contribution in [0.1, 0.15) is 0 Å². The third-order valence-corrected chi connectivity index (χ3v) is 19.5. The van der Waals surface area contributed by atoms with Crippen molar-refractivity contribution in [2.45, 2.75) is 26.2 Å². The summed E-state index contributed by atoms with van der Waals surface area (Å²) in [6.45, 7) is 10.0. The number of anilines is 3. The van der Waals surface area contributed by atoms with E-state index < -0.39 is 16.1 Å². The van der Waals surface area contributed by atoms with Crippen molar-refractivity contribution in [3.63, 3.8) is 0 Å². The van der Waals surface area contributed by atoms with Crippen LogP contribution in [0, 0.1) is 0 Å². The van der Waals surface area contributed by atoms with E-state index in [0.717, 1.165) is 16.9 Å². The molecule has 2 aliphatic heterocycles. The molecule has 4 heteroatoms. The lowest BCUT2D eigenvalue weighted by atomic mass is 9.97. The fourth-order valence-corrected chi connectivity index (χ4v) is 15.8. The molecule has 0 saturated heterocycles. The molecule has 0 atom stereocenters. The van der Waals surface area contributed by atoms with Crippen LogP contribution < -0.4 is 25.6 Å². The molecular formula is C50H39NOSi2. The highest BCUT2D eigenvalue weighted by atomic mass is 28.3. The molecule has 3 heterocycles. The van der Waals surface area contributed by atoms with E-state index in [1.165, 1.54) is 87.0 Å². The van der Waals surface area contributed by atoms with Crippen molar-refractivity contribution in [2.75, 3.05) is 4.90 Å². The normalized spacial score (nSPS) is 14.6. The van der Waals surface area contributed by atoms with Gasteiger partial charge >= 0.3 is 0 Å². The van der Waals surface area contributed by atoms with Crippen molar-refractivity contribution in [3.8, 4) is 33.4 Å². The van der Waals surface area contributed by atoms with Gasteiger partial charge in [0.05, 0.1) is 0 Å². The average Bonchev–Trinajstić information content (AvgIpc) is 3.77. The molecule has 2 aliphatic rings. The molecule has 0 amide bonds. The Balaban J connectivity index is 1.12. The van der Waals surface area contributed by atoms with Crippen LogP contribution in [0.2, 0.25) is 26.2 Å². The Morgan fingerprint density at radius 3 is 1.87 bits per heavy atom. The molecule has 0 bridgehead atoms. The first-order chi connectivity index (χ1) is 26.3. The Kier molecular flexibility index (Phi) is 6.60. The van der Waals surface area contributed by atoms with Gasteiger partial charge in [0.2, 0.25) is 0 Å². The topological polar surface area (TPSA) is 16.4 Å². The van der Waals surface area contributed by atoms with E-state index in [0.29, 0.717) is 0 Å². The van der Waals surface area contributed by atoms with Crippen LogP contribution in [0.15, 0.2) is 168 Å². The van der Waals surface area contributed by atoms with Crippen molar-refractivity contribution in [2.24, 2.45) is 0 Å². The molecule has 0 spiro atoms. The van der Waals surface area contributed by atoms with Gasteiger partial charge in [-0.15, -0.1) is 0 Å². The highest BCUT2D eigenvalue weighted by molar-refractivity contribution is 7.04. The molecule has 2 nitrogen and oxygen atoms in total. The largest absolute Gasteiger partial charge is 0.455 e. The van der Waals surface area contributed by atoms with E-state index in [4.69, 9.17) is 4.42 Å². The first-order valence-electron chi connectivity index (χ1n) is 19.0. The molecule has 0 fully saturated rings.